The van der Waals surface area contributed by atoms with E-state index in [0.717, 1.165) is 18.7 Å². The third kappa shape index (κ3) is 2.98. The zero-order chi connectivity index (χ0) is 12.3. The lowest BCUT2D eigenvalue weighted by molar-refractivity contribution is -0.118. The van der Waals surface area contributed by atoms with Crippen LogP contribution in [-0.4, -0.2) is 31.6 Å². The molecule has 1 aromatic carbocycles. The normalized spacial score (nSPS) is 20.0. The van der Waals surface area contributed by atoms with E-state index in [1.807, 2.05) is 0 Å². The van der Waals surface area contributed by atoms with Crippen LogP contribution in [0.15, 0.2) is 18.2 Å². The molecule has 3 N–H and O–H groups in total. The molecule has 6 heteroatoms. The number of carbonyl (C=O) groups excluding carboxylic acids is 1. The molecule has 1 aromatic rings. The summed E-state index contributed by atoms with van der Waals surface area (Å²) >= 11 is 0. The van der Waals surface area contributed by atoms with Gasteiger partial charge in [-0.05, 0) is 12.1 Å². The van der Waals surface area contributed by atoms with Crippen molar-refractivity contribution in [1.29, 1.82) is 0 Å². The van der Waals surface area contributed by atoms with Crippen LogP contribution in [0, 0.1) is 11.6 Å². The molecule has 1 fully saturated rings. The van der Waals surface area contributed by atoms with Crippen molar-refractivity contribution in [2.75, 3.05) is 25.0 Å². The smallest absolute Gasteiger partial charge is 0.242 e. The highest BCUT2D eigenvalue weighted by Gasteiger charge is 2.21. The minimum atomic E-state index is -0.776. The van der Waals surface area contributed by atoms with Gasteiger partial charge in [0.05, 0.1) is 11.7 Å². The Hall–Kier alpha value is -1.53. The lowest BCUT2D eigenvalue weighted by Crippen LogP contribution is -2.54. The van der Waals surface area contributed by atoms with Gasteiger partial charge < -0.3 is 16.0 Å². The lowest BCUT2D eigenvalue weighted by atomic mass is 10.2. The van der Waals surface area contributed by atoms with Gasteiger partial charge >= 0.3 is 0 Å². The zero-order valence-corrected chi connectivity index (χ0v) is 9.09. The molecule has 17 heavy (non-hydrogen) atoms. The van der Waals surface area contributed by atoms with Crippen LogP contribution < -0.4 is 16.0 Å². The van der Waals surface area contributed by atoms with Crippen molar-refractivity contribution in [2.24, 2.45) is 0 Å². The van der Waals surface area contributed by atoms with Crippen LogP contribution in [0.4, 0.5) is 14.5 Å². The second kappa shape index (κ2) is 5.20. The Kier molecular flexibility index (Phi) is 3.65. The van der Waals surface area contributed by atoms with Crippen LogP contribution in [0.1, 0.15) is 0 Å². The van der Waals surface area contributed by atoms with Gasteiger partial charge in [0.15, 0.2) is 0 Å². The number of hydrogen-bond donors (Lipinski definition) is 3. The lowest BCUT2D eigenvalue weighted by Gasteiger charge is -2.23. The van der Waals surface area contributed by atoms with Gasteiger partial charge in [0.2, 0.25) is 5.91 Å². The summed E-state index contributed by atoms with van der Waals surface area (Å²) in [5.41, 5.74) is -0.0104. The molecule has 92 valence electrons. The number of nitrogens with one attached hydrogen (secondary N) is 3. The van der Waals surface area contributed by atoms with Crippen LogP contribution in [0.3, 0.4) is 0 Å². The highest BCUT2D eigenvalue weighted by molar-refractivity contribution is 5.95. The third-order valence-electron chi connectivity index (χ3n) is 2.55. The van der Waals surface area contributed by atoms with E-state index in [4.69, 9.17) is 0 Å². The van der Waals surface area contributed by atoms with Crippen LogP contribution >= 0.6 is 0 Å². The quantitative estimate of drug-likeness (QED) is 0.705. The van der Waals surface area contributed by atoms with Crippen molar-refractivity contribution in [3.8, 4) is 0 Å². The van der Waals surface area contributed by atoms with E-state index >= 15 is 0 Å². The molecule has 2 rings (SSSR count). The van der Waals surface area contributed by atoms with E-state index in [9.17, 15) is 13.6 Å². The molecule has 0 bridgehead atoms. The number of hydrogen-bond acceptors (Lipinski definition) is 3. The van der Waals surface area contributed by atoms with Gasteiger partial charge in [-0.2, -0.15) is 0 Å². The maximum absolute atomic E-state index is 13.3. The molecule has 1 saturated heterocycles. The molecule has 1 aliphatic rings. The number of carbonyl (C=O) groups is 1. The maximum Gasteiger partial charge on any atom is 0.242 e. The first-order valence-electron chi connectivity index (χ1n) is 5.37. The summed E-state index contributed by atoms with van der Waals surface area (Å²) in [6.07, 6.45) is 0. The molecule has 0 aromatic heterocycles. The summed E-state index contributed by atoms with van der Waals surface area (Å²) < 4.78 is 26.0. The Morgan fingerprint density at radius 2 is 2.18 bits per heavy atom. The Labute approximate surface area is 97.4 Å². The molecule has 1 amide bonds. The fourth-order valence-electron chi connectivity index (χ4n) is 1.65. The Bertz CT molecular complexity index is 419. The number of piperazine rings is 1. The van der Waals surface area contributed by atoms with Crippen LogP contribution in [-0.2, 0) is 4.79 Å². The minimum absolute atomic E-state index is 0.0104. The van der Waals surface area contributed by atoms with E-state index in [1.54, 1.807) is 0 Å². The average Bonchev–Trinajstić information content (AvgIpc) is 2.34. The van der Waals surface area contributed by atoms with Gasteiger partial charge in [-0.25, -0.2) is 8.78 Å². The summed E-state index contributed by atoms with van der Waals surface area (Å²) in [5, 5.41) is 8.47. The summed E-state index contributed by atoms with van der Waals surface area (Å²) in [7, 11) is 0. The van der Waals surface area contributed by atoms with E-state index in [-0.39, 0.29) is 11.6 Å². The summed E-state index contributed by atoms with van der Waals surface area (Å²) in [5.74, 6) is -1.78. The molecule has 1 unspecified atom stereocenters. The molecule has 0 radical (unpaired) electrons. The van der Waals surface area contributed by atoms with E-state index in [1.165, 1.54) is 6.07 Å². The topological polar surface area (TPSA) is 53.2 Å². The van der Waals surface area contributed by atoms with Crippen molar-refractivity contribution < 1.29 is 13.6 Å². The largest absolute Gasteiger partial charge is 0.322 e. The number of rotatable bonds is 2. The highest BCUT2D eigenvalue weighted by atomic mass is 19.1. The second-order valence-corrected chi connectivity index (χ2v) is 3.82. The first-order chi connectivity index (χ1) is 8.16. The van der Waals surface area contributed by atoms with Crippen molar-refractivity contribution >= 4 is 11.6 Å². The van der Waals surface area contributed by atoms with Crippen LogP contribution in [0.25, 0.3) is 0 Å². The number of anilines is 1. The Balaban J connectivity index is 2.02. The zero-order valence-electron chi connectivity index (χ0n) is 9.09. The number of halogens is 2. The SMILES string of the molecule is O=C(Nc1ccc(F)cc1F)C1CNCCN1. The second-order valence-electron chi connectivity index (χ2n) is 3.82. The predicted octanol–water partition coefficient (Wildman–Crippen LogP) is 0.465. The average molecular weight is 241 g/mol. The molecule has 0 spiro atoms. The van der Waals surface area contributed by atoms with Crippen molar-refractivity contribution in [1.82, 2.24) is 10.6 Å². The minimum Gasteiger partial charge on any atom is -0.322 e. The van der Waals surface area contributed by atoms with Crippen LogP contribution in [0.2, 0.25) is 0 Å². The van der Waals surface area contributed by atoms with Gasteiger partial charge in [0.1, 0.15) is 11.6 Å². The summed E-state index contributed by atoms with van der Waals surface area (Å²) in [6, 6.07) is 2.65. The van der Waals surface area contributed by atoms with Gasteiger partial charge in [-0.15, -0.1) is 0 Å². The number of benzene rings is 1. The number of amides is 1. The molecular weight excluding hydrogens is 228 g/mol. The monoisotopic (exact) mass is 241 g/mol. The van der Waals surface area contributed by atoms with Gasteiger partial charge in [-0.3, -0.25) is 4.79 Å². The van der Waals surface area contributed by atoms with Gasteiger partial charge in [0, 0.05) is 25.7 Å². The van der Waals surface area contributed by atoms with Gasteiger partial charge in [0.25, 0.3) is 0 Å². The standard InChI is InChI=1S/C11H13F2N3O/c12-7-1-2-9(8(13)5-7)16-11(17)10-6-14-3-4-15-10/h1-2,5,10,14-15H,3-4,6H2,(H,16,17). The molecule has 0 aliphatic carbocycles. The van der Waals surface area contributed by atoms with Crippen molar-refractivity contribution in [2.45, 2.75) is 6.04 Å². The Morgan fingerprint density at radius 3 is 2.82 bits per heavy atom. The first-order valence-corrected chi connectivity index (χ1v) is 5.37. The van der Waals surface area contributed by atoms with E-state index in [0.29, 0.717) is 13.1 Å². The van der Waals surface area contributed by atoms with Crippen LogP contribution in [0.5, 0.6) is 0 Å². The molecule has 1 atom stereocenters. The highest BCUT2D eigenvalue weighted by Crippen LogP contribution is 2.15. The van der Waals surface area contributed by atoms with Crippen molar-refractivity contribution in [3.05, 3.63) is 29.8 Å². The fraction of sp³-hybridized carbons (Fsp3) is 0.364. The summed E-state index contributed by atoms with van der Waals surface area (Å²) in [6.45, 7) is 1.98. The molecule has 4 nitrogen and oxygen atoms in total. The maximum atomic E-state index is 13.3. The predicted molar refractivity (Wildman–Crippen MR) is 59.6 cm³/mol. The Morgan fingerprint density at radius 1 is 1.35 bits per heavy atom. The first kappa shape index (κ1) is 11.9. The molecule has 0 saturated carbocycles. The molecule has 1 heterocycles. The summed E-state index contributed by atoms with van der Waals surface area (Å²) in [4.78, 5) is 11.7. The third-order valence-corrected chi connectivity index (χ3v) is 2.55. The molecule has 1 aliphatic heterocycles. The molecular formula is C11H13F2N3O. The van der Waals surface area contributed by atoms with Crippen molar-refractivity contribution in [3.63, 3.8) is 0 Å². The van der Waals surface area contributed by atoms with E-state index < -0.39 is 17.7 Å². The fourth-order valence-corrected chi connectivity index (χ4v) is 1.65. The van der Waals surface area contributed by atoms with E-state index in [2.05, 4.69) is 16.0 Å². The van der Waals surface area contributed by atoms with Gasteiger partial charge in [-0.1, -0.05) is 0 Å².